The third kappa shape index (κ3) is 3.72. The maximum atomic E-state index is 12.4. The molecule has 0 bridgehead atoms. The summed E-state index contributed by atoms with van der Waals surface area (Å²) in [7, 11) is 0. The molecule has 2 heterocycles. The molecule has 0 saturated heterocycles. The summed E-state index contributed by atoms with van der Waals surface area (Å²) in [6.45, 7) is 0.395. The number of nitrogens with one attached hydrogen (secondary N) is 1. The van der Waals surface area contributed by atoms with Gasteiger partial charge in [-0.25, -0.2) is 4.98 Å². The van der Waals surface area contributed by atoms with Crippen LogP contribution in [0, 0.1) is 0 Å². The van der Waals surface area contributed by atoms with E-state index in [1.807, 2.05) is 42.7 Å². The number of nitrogens with zero attached hydrogens (tertiary/aromatic N) is 3. The first-order valence-corrected chi connectivity index (χ1v) is 10.4. The number of amides is 1. The number of carbonyl (C=O) groups is 1. The number of hydrogen-bond donors (Lipinski definition) is 1. The van der Waals surface area contributed by atoms with Crippen LogP contribution in [0.15, 0.2) is 57.8 Å². The first-order chi connectivity index (χ1) is 13.1. The van der Waals surface area contributed by atoms with Crippen LogP contribution in [0.4, 0.5) is 5.69 Å². The lowest BCUT2D eigenvalue weighted by Crippen LogP contribution is -2.18. The Morgan fingerprint density at radius 2 is 2.11 bits per heavy atom. The van der Waals surface area contributed by atoms with Crippen LogP contribution < -0.4 is 10.7 Å². The highest BCUT2D eigenvalue weighted by Gasteiger charge is 2.09. The number of fused-ring (bicyclic) bond motifs is 2. The van der Waals surface area contributed by atoms with E-state index in [2.05, 4.69) is 15.4 Å². The average molecular weight is 396 g/mol. The minimum atomic E-state index is -0.117. The quantitative estimate of drug-likeness (QED) is 0.520. The molecule has 136 valence electrons. The van der Waals surface area contributed by atoms with Crippen LogP contribution in [-0.2, 0) is 11.3 Å². The van der Waals surface area contributed by atoms with Gasteiger partial charge < -0.3 is 5.32 Å². The van der Waals surface area contributed by atoms with Crippen molar-refractivity contribution in [1.29, 1.82) is 0 Å². The Bertz CT molecular complexity index is 1200. The Labute approximate surface area is 163 Å². The lowest BCUT2D eigenvalue weighted by molar-refractivity contribution is -0.116. The molecule has 0 aliphatic carbocycles. The van der Waals surface area contributed by atoms with Crippen molar-refractivity contribution < 1.29 is 4.79 Å². The van der Waals surface area contributed by atoms with Gasteiger partial charge in [0.2, 0.25) is 11.3 Å². The predicted octanol–water partition coefficient (Wildman–Crippen LogP) is 3.76. The highest BCUT2D eigenvalue weighted by atomic mass is 32.2. The second kappa shape index (κ2) is 7.50. The molecule has 27 heavy (non-hydrogen) atoms. The van der Waals surface area contributed by atoms with E-state index < -0.39 is 0 Å². The van der Waals surface area contributed by atoms with Gasteiger partial charge in [0.15, 0.2) is 4.34 Å². The van der Waals surface area contributed by atoms with Crippen molar-refractivity contribution in [1.82, 2.24) is 14.8 Å². The highest BCUT2D eigenvalue weighted by Crippen LogP contribution is 2.30. The number of thioether (sulfide) groups is 1. The number of hydrogen-bond acceptors (Lipinski definition) is 6. The Morgan fingerprint density at radius 1 is 1.26 bits per heavy atom. The Morgan fingerprint density at radius 3 is 2.96 bits per heavy atom. The third-order valence-corrected chi connectivity index (χ3v) is 6.14. The van der Waals surface area contributed by atoms with Crippen molar-refractivity contribution in [2.24, 2.45) is 0 Å². The van der Waals surface area contributed by atoms with Crippen molar-refractivity contribution in [3.63, 3.8) is 0 Å². The summed E-state index contributed by atoms with van der Waals surface area (Å²) in [5.74, 6) is -0.103. The number of benzene rings is 2. The molecule has 2 aromatic heterocycles. The molecule has 0 aliphatic heterocycles. The zero-order valence-corrected chi connectivity index (χ0v) is 16.1. The van der Waals surface area contributed by atoms with Crippen LogP contribution in [0.1, 0.15) is 6.42 Å². The van der Waals surface area contributed by atoms with Crippen molar-refractivity contribution in [3.05, 3.63) is 58.9 Å². The van der Waals surface area contributed by atoms with E-state index >= 15 is 0 Å². The molecule has 0 unspecified atom stereocenters. The molecule has 0 atom stereocenters. The zero-order chi connectivity index (χ0) is 18.8. The average Bonchev–Trinajstić information content (AvgIpc) is 3.10. The van der Waals surface area contributed by atoms with E-state index in [1.54, 1.807) is 33.8 Å². The number of aromatic nitrogens is 3. The second-order valence-electron chi connectivity index (χ2n) is 5.91. The predicted molar refractivity (Wildman–Crippen MR) is 111 cm³/mol. The number of aryl methyl sites for hydroxylation is 1. The van der Waals surface area contributed by atoms with Crippen LogP contribution >= 0.6 is 23.1 Å². The number of thiazole rings is 1. The molecule has 0 radical (unpaired) electrons. The van der Waals surface area contributed by atoms with E-state index in [4.69, 9.17) is 0 Å². The summed E-state index contributed by atoms with van der Waals surface area (Å²) in [6.07, 6.45) is 3.55. The number of para-hydroxylation sites is 1. The first kappa shape index (κ1) is 17.7. The van der Waals surface area contributed by atoms with Crippen LogP contribution in [-0.4, -0.2) is 26.9 Å². The molecule has 0 spiro atoms. The zero-order valence-electron chi connectivity index (χ0n) is 14.5. The molecule has 4 rings (SSSR count). The minimum absolute atomic E-state index is 0.103. The first-order valence-electron chi connectivity index (χ1n) is 8.33. The van der Waals surface area contributed by atoms with Crippen LogP contribution in [0.2, 0.25) is 0 Å². The van der Waals surface area contributed by atoms with Crippen LogP contribution in [0.25, 0.3) is 21.1 Å². The smallest absolute Gasteiger partial charge is 0.226 e. The van der Waals surface area contributed by atoms with Crippen molar-refractivity contribution >= 4 is 55.8 Å². The summed E-state index contributed by atoms with van der Waals surface area (Å²) in [5, 5.41) is 7.68. The van der Waals surface area contributed by atoms with E-state index in [-0.39, 0.29) is 17.8 Å². The SMILES string of the molecule is CSc1nc2ccc(NC(=O)CCn3ncc(=O)c4ccccc43)cc2s1. The van der Waals surface area contributed by atoms with Gasteiger partial charge in [-0.05, 0) is 36.6 Å². The van der Waals surface area contributed by atoms with Gasteiger partial charge in [0.05, 0.1) is 28.5 Å². The fourth-order valence-corrected chi connectivity index (χ4v) is 4.37. The Hall–Kier alpha value is -2.71. The monoisotopic (exact) mass is 396 g/mol. The lowest BCUT2D eigenvalue weighted by Gasteiger charge is -2.09. The van der Waals surface area contributed by atoms with Gasteiger partial charge in [0.25, 0.3) is 0 Å². The number of carbonyl (C=O) groups excluding carboxylic acids is 1. The Kier molecular flexibility index (Phi) is 4.91. The summed E-state index contributed by atoms with van der Waals surface area (Å²) >= 11 is 3.22. The minimum Gasteiger partial charge on any atom is -0.326 e. The topological polar surface area (TPSA) is 76.9 Å². The molecule has 1 amide bonds. The molecule has 0 aliphatic rings. The summed E-state index contributed by atoms with van der Waals surface area (Å²) in [4.78, 5) is 28.7. The lowest BCUT2D eigenvalue weighted by atomic mass is 10.2. The van der Waals surface area contributed by atoms with Crippen LogP contribution in [0.5, 0.6) is 0 Å². The molecule has 2 aromatic carbocycles. The molecule has 0 fully saturated rings. The van der Waals surface area contributed by atoms with E-state index in [0.717, 1.165) is 25.8 Å². The fourth-order valence-electron chi connectivity index (χ4n) is 2.84. The third-order valence-electron chi connectivity index (χ3n) is 4.14. The van der Waals surface area contributed by atoms with E-state index in [0.29, 0.717) is 11.9 Å². The molecule has 1 N–H and O–H groups in total. The number of rotatable bonds is 5. The molecular weight excluding hydrogens is 380 g/mol. The second-order valence-corrected chi connectivity index (χ2v) is 8.00. The molecule has 4 aromatic rings. The van der Waals surface area contributed by atoms with Crippen LogP contribution in [0.3, 0.4) is 0 Å². The van der Waals surface area contributed by atoms with Gasteiger partial charge in [-0.2, -0.15) is 5.10 Å². The summed E-state index contributed by atoms with van der Waals surface area (Å²) in [6, 6.07) is 13.0. The maximum absolute atomic E-state index is 12.4. The summed E-state index contributed by atoms with van der Waals surface area (Å²) in [5.41, 5.74) is 2.30. The number of anilines is 1. The van der Waals surface area contributed by atoms with Crippen molar-refractivity contribution in [2.45, 2.75) is 17.3 Å². The Balaban J connectivity index is 1.47. The van der Waals surface area contributed by atoms with Gasteiger partial charge in [-0.15, -0.1) is 11.3 Å². The molecule has 6 nitrogen and oxygen atoms in total. The van der Waals surface area contributed by atoms with Gasteiger partial charge >= 0.3 is 0 Å². The van der Waals surface area contributed by atoms with E-state index in [1.165, 1.54) is 6.20 Å². The summed E-state index contributed by atoms with van der Waals surface area (Å²) < 4.78 is 3.74. The normalized spacial score (nSPS) is 11.1. The fraction of sp³-hybridized carbons (Fsp3) is 0.158. The molecule has 8 heteroatoms. The van der Waals surface area contributed by atoms with Gasteiger partial charge in [0, 0.05) is 17.5 Å². The van der Waals surface area contributed by atoms with Crippen molar-refractivity contribution in [3.8, 4) is 0 Å². The molecule has 0 saturated carbocycles. The van der Waals surface area contributed by atoms with Gasteiger partial charge in [-0.1, -0.05) is 23.9 Å². The highest BCUT2D eigenvalue weighted by molar-refractivity contribution is 8.00. The maximum Gasteiger partial charge on any atom is 0.226 e. The van der Waals surface area contributed by atoms with E-state index in [9.17, 15) is 9.59 Å². The van der Waals surface area contributed by atoms with Gasteiger partial charge in [-0.3, -0.25) is 14.3 Å². The van der Waals surface area contributed by atoms with Gasteiger partial charge in [0.1, 0.15) is 0 Å². The van der Waals surface area contributed by atoms with Crippen molar-refractivity contribution in [2.75, 3.05) is 11.6 Å². The largest absolute Gasteiger partial charge is 0.326 e. The standard InChI is InChI=1S/C19H16N4O2S2/c1-26-19-22-14-7-6-12(10-17(14)27-19)21-18(25)8-9-23-15-5-3-2-4-13(15)16(24)11-20-23/h2-7,10-11H,8-9H2,1H3,(H,21,25). The molecular formula is C19H16N4O2S2.